The van der Waals surface area contributed by atoms with Crippen LogP contribution in [0, 0.1) is 0 Å². The van der Waals surface area contributed by atoms with Gasteiger partial charge in [-0.2, -0.15) is 5.10 Å². The minimum atomic E-state index is -0.483. The van der Waals surface area contributed by atoms with Gasteiger partial charge in [0.15, 0.2) is 0 Å². The molecule has 1 fully saturated rings. The highest BCUT2D eigenvalue weighted by atomic mass is 16.3. The van der Waals surface area contributed by atoms with Crippen molar-refractivity contribution in [1.29, 1.82) is 0 Å². The largest absolute Gasteiger partial charge is 0.391 e. The minimum Gasteiger partial charge on any atom is -0.391 e. The van der Waals surface area contributed by atoms with Gasteiger partial charge in [-0.25, -0.2) is 0 Å². The Morgan fingerprint density at radius 3 is 2.70 bits per heavy atom. The summed E-state index contributed by atoms with van der Waals surface area (Å²) in [4.78, 5) is 27.3. The lowest BCUT2D eigenvalue weighted by atomic mass is 9.94. The van der Waals surface area contributed by atoms with Gasteiger partial charge in [-0.3, -0.25) is 19.4 Å². The van der Waals surface area contributed by atoms with Crippen LogP contribution in [0.5, 0.6) is 0 Å². The smallest absolute Gasteiger partial charge is 0.257 e. The number of aromatic nitrogens is 4. The molecule has 1 aliphatic heterocycles. The maximum atomic E-state index is 13.9. The molecule has 1 N–H and O–H groups in total. The van der Waals surface area contributed by atoms with E-state index in [1.807, 2.05) is 55.8 Å². The predicted molar refractivity (Wildman–Crippen MR) is 143 cm³/mol. The summed E-state index contributed by atoms with van der Waals surface area (Å²) in [6.45, 7) is 0.457. The van der Waals surface area contributed by atoms with Crippen LogP contribution in [0.1, 0.15) is 53.6 Å². The number of pyridine rings is 2. The number of nitrogens with zero attached hydrogens (tertiary/aromatic N) is 6. The highest BCUT2D eigenvalue weighted by Gasteiger charge is 2.37. The zero-order chi connectivity index (χ0) is 25.5. The third-order valence-electron chi connectivity index (χ3n) is 7.75. The van der Waals surface area contributed by atoms with E-state index < -0.39 is 6.10 Å². The zero-order valence-electron chi connectivity index (χ0n) is 21.3. The molecule has 1 saturated carbocycles. The van der Waals surface area contributed by atoms with Gasteiger partial charge in [0, 0.05) is 43.6 Å². The van der Waals surface area contributed by atoms with E-state index in [9.17, 15) is 9.90 Å². The standard InChI is InChI=1S/C29H32N6O2/c1-33-18-35(25-8-4-3-5-9-26(25)36)29(37)23-14-20(22-7-6-12-30-27(22)28(23)33)13-19-10-11-24(31-15-19)21-16-32-34(2)17-21/h6-7,10-12,14-17,25-26,36H,3-5,8-9,13,18H2,1-2H3/t25-,26-/m0/s1. The molecule has 0 bridgehead atoms. The van der Waals surface area contributed by atoms with Gasteiger partial charge in [0.05, 0.1) is 47.5 Å². The van der Waals surface area contributed by atoms with Gasteiger partial charge in [-0.05, 0) is 48.6 Å². The fourth-order valence-electron chi connectivity index (χ4n) is 5.88. The minimum absolute atomic E-state index is 0.0158. The van der Waals surface area contributed by atoms with E-state index >= 15 is 0 Å². The molecule has 1 aromatic carbocycles. The highest BCUT2D eigenvalue weighted by molar-refractivity contribution is 6.10. The van der Waals surface area contributed by atoms with Gasteiger partial charge in [-0.1, -0.05) is 31.4 Å². The van der Waals surface area contributed by atoms with Crippen molar-refractivity contribution in [2.45, 2.75) is 50.7 Å². The number of carbonyl (C=O) groups excluding carboxylic acids is 1. The molecule has 8 heteroatoms. The van der Waals surface area contributed by atoms with E-state index in [1.54, 1.807) is 10.9 Å². The Kier molecular flexibility index (Phi) is 6.12. The van der Waals surface area contributed by atoms with Crippen molar-refractivity contribution < 1.29 is 9.90 Å². The number of rotatable bonds is 4. The Bertz CT molecular complexity index is 1450. The zero-order valence-corrected chi connectivity index (χ0v) is 21.3. The van der Waals surface area contributed by atoms with Crippen molar-refractivity contribution in [3.63, 3.8) is 0 Å². The molecular formula is C29H32N6O2. The summed E-state index contributed by atoms with van der Waals surface area (Å²) in [5, 5.41) is 16.1. The van der Waals surface area contributed by atoms with Crippen molar-refractivity contribution in [1.82, 2.24) is 24.6 Å². The lowest BCUT2D eigenvalue weighted by Crippen LogP contribution is -2.53. The van der Waals surface area contributed by atoms with Gasteiger partial charge in [0.1, 0.15) is 0 Å². The van der Waals surface area contributed by atoms with Crippen LogP contribution in [0.2, 0.25) is 0 Å². The molecule has 8 nitrogen and oxygen atoms in total. The van der Waals surface area contributed by atoms with Crippen LogP contribution < -0.4 is 4.90 Å². The van der Waals surface area contributed by atoms with Crippen LogP contribution in [0.4, 0.5) is 5.69 Å². The molecule has 0 saturated heterocycles. The van der Waals surface area contributed by atoms with Crippen LogP contribution in [0.25, 0.3) is 22.2 Å². The van der Waals surface area contributed by atoms with Crippen LogP contribution >= 0.6 is 0 Å². The van der Waals surface area contributed by atoms with Gasteiger partial charge < -0.3 is 14.9 Å². The van der Waals surface area contributed by atoms with E-state index in [-0.39, 0.29) is 11.9 Å². The Labute approximate surface area is 216 Å². The number of aryl methyl sites for hydroxylation is 1. The number of aliphatic hydroxyl groups is 1. The number of fused-ring (bicyclic) bond motifs is 3. The summed E-state index contributed by atoms with van der Waals surface area (Å²) >= 11 is 0. The first-order chi connectivity index (χ1) is 18.0. The van der Waals surface area contributed by atoms with Crippen LogP contribution in [-0.2, 0) is 13.5 Å². The first kappa shape index (κ1) is 23.6. The SMILES string of the molecule is CN1CN([C@H]2CCCCC[C@@H]2O)C(=O)c2cc(Cc3ccc(-c4cnn(C)c4)nc3)c3cccnc3c21. The normalized spacial score (nSPS) is 20.2. The lowest BCUT2D eigenvalue weighted by molar-refractivity contribution is 0.0317. The quantitative estimate of drug-likeness (QED) is 0.427. The molecule has 1 amide bonds. The molecule has 0 radical (unpaired) electrons. The number of carbonyl (C=O) groups is 1. The van der Waals surface area contributed by atoms with Crippen molar-refractivity contribution >= 4 is 22.5 Å². The summed E-state index contributed by atoms with van der Waals surface area (Å²) in [6.07, 6.45) is 12.3. The second-order valence-electron chi connectivity index (χ2n) is 10.3. The number of anilines is 1. The monoisotopic (exact) mass is 496 g/mol. The second-order valence-corrected chi connectivity index (χ2v) is 10.3. The van der Waals surface area contributed by atoms with Gasteiger partial charge >= 0.3 is 0 Å². The van der Waals surface area contributed by atoms with Crippen LogP contribution in [-0.4, -0.2) is 61.5 Å². The lowest BCUT2D eigenvalue weighted by Gasteiger charge is -2.42. The molecule has 0 unspecified atom stereocenters. The van der Waals surface area contributed by atoms with Crippen molar-refractivity contribution in [2.75, 3.05) is 18.6 Å². The second kappa shape index (κ2) is 9.59. The highest BCUT2D eigenvalue weighted by Crippen LogP contribution is 2.38. The van der Waals surface area contributed by atoms with E-state index in [4.69, 9.17) is 4.98 Å². The maximum Gasteiger partial charge on any atom is 0.257 e. The number of benzene rings is 1. The number of hydrogen-bond acceptors (Lipinski definition) is 6. The van der Waals surface area contributed by atoms with E-state index in [1.165, 1.54) is 0 Å². The molecule has 3 aromatic heterocycles. The van der Waals surface area contributed by atoms with Crippen molar-refractivity contribution in [3.8, 4) is 11.3 Å². The Hall–Kier alpha value is -3.78. The molecular weight excluding hydrogens is 464 g/mol. The van der Waals surface area contributed by atoms with E-state index in [2.05, 4.69) is 27.1 Å². The third-order valence-corrected chi connectivity index (χ3v) is 7.75. The number of hydrogen-bond donors (Lipinski definition) is 1. The summed E-state index contributed by atoms with van der Waals surface area (Å²) < 4.78 is 1.77. The molecule has 190 valence electrons. The third kappa shape index (κ3) is 4.35. The maximum absolute atomic E-state index is 13.9. The first-order valence-electron chi connectivity index (χ1n) is 13.0. The predicted octanol–water partition coefficient (Wildman–Crippen LogP) is 4.16. The van der Waals surface area contributed by atoms with Gasteiger partial charge in [0.2, 0.25) is 0 Å². The Balaban J connectivity index is 1.37. The summed E-state index contributed by atoms with van der Waals surface area (Å²) in [5.74, 6) is -0.0158. The molecule has 2 atom stereocenters. The average molecular weight is 497 g/mol. The summed E-state index contributed by atoms with van der Waals surface area (Å²) in [6, 6.07) is 9.99. The number of amides is 1. The molecule has 6 rings (SSSR count). The Morgan fingerprint density at radius 2 is 1.92 bits per heavy atom. The van der Waals surface area contributed by atoms with Gasteiger partial charge in [0.25, 0.3) is 5.91 Å². The topological polar surface area (TPSA) is 87.4 Å². The van der Waals surface area contributed by atoms with E-state index in [0.29, 0.717) is 18.7 Å². The average Bonchev–Trinajstić information content (AvgIpc) is 3.23. The van der Waals surface area contributed by atoms with E-state index in [0.717, 1.165) is 71.1 Å². The molecule has 1 aliphatic carbocycles. The van der Waals surface area contributed by atoms with Crippen LogP contribution in [0.3, 0.4) is 0 Å². The molecule has 37 heavy (non-hydrogen) atoms. The number of aliphatic hydroxyl groups excluding tert-OH is 1. The summed E-state index contributed by atoms with van der Waals surface area (Å²) in [7, 11) is 3.90. The molecule has 2 aliphatic rings. The van der Waals surface area contributed by atoms with Crippen LogP contribution in [0.15, 0.2) is 55.1 Å². The molecule has 4 aromatic rings. The summed E-state index contributed by atoms with van der Waals surface area (Å²) in [5.41, 5.74) is 6.33. The molecule has 4 heterocycles. The molecule has 0 spiro atoms. The fraction of sp³-hybridized carbons (Fsp3) is 0.379. The van der Waals surface area contributed by atoms with Crippen molar-refractivity contribution in [2.24, 2.45) is 7.05 Å². The first-order valence-corrected chi connectivity index (χ1v) is 13.0. The van der Waals surface area contributed by atoms with Gasteiger partial charge in [-0.15, -0.1) is 0 Å². The Morgan fingerprint density at radius 1 is 1.05 bits per heavy atom. The fourth-order valence-corrected chi connectivity index (χ4v) is 5.88. The van der Waals surface area contributed by atoms with Crippen molar-refractivity contribution in [3.05, 3.63) is 71.8 Å².